The molecule has 2 aromatic carbocycles. The lowest BCUT2D eigenvalue weighted by Crippen LogP contribution is -2.28. The van der Waals surface area contributed by atoms with Crippen LogP contribution in [0.4, 0.5) is 4.39 Å². The average molecular weight is 448 g/mol. The molecule has 6 nitrogen and oxygen atoms in total. The molecule has 1 unspecified atom stereocenters. The van der Waals surface area contributed by atoms with E-state index in [9.17, 15) is 9.18 Å². The molecule has 2 aromatic heterocycles. The van der Waals surface area contributed by atoms with Crippen molar-refractivity contribution in [3.05, 3.63) is 90.0 Å². The Labute approximate surface area is 189 Å². The van der Waals surface area contributed by atoms with Gasteiger partial charge in [-0.2, -0.15) is 0 Å². The monoisotopic (exact) mass is 447 g/mol. The molecule has 8 heteroatoms. The van der Waals surface area contributed by atoms with Crippen LogP contribution < -0.4 is 5.32 Å². The van der Waals surface area contributed by atoms with Gasteiger partial charge in [0, 0.05) is 18.0 Å². The molecule has 4 aromatic rings. The fourth-order valence-electron chi connectivity index (χ4n) is 3.32. The standard InChI is InChI=1S/C24H22FN5OS/c1-16-6-3-4-8-21(16)30-23(19-7-5-13-26-14-19)28-29-24(30)32-15-22(31)27-17(2)18-9-11-20(25)12-10-18/h3-14,17H,15H2,1-2H3,(H,27,31). The zero-order valence-corrected chi connectivity index (χ0v) is 18.5. The number of aromatic nitrogens is 4. The number of carbonyl (C=O) groups excluding carboxylic acids is 1. The van der Waals surface area contributed by atoms with Gasteiger partial charge in [0.05, 0.1) is 17.5 Å². The molecule has 1 amide bonds. The third-order valence-corrected chi connectivity index (χ3v) is 5.92. The highest BCUT2D eigenvalue weighted by atomic mass is 32.2. The predicted octanol–water partition coefficient (Wildman–Crippen LogP) is 4.75. The largest absolute Gasteiger partial charge is 0.349 e. The van der Waals surface area contributed by atoms with Crippen molar-refractivity contribution in [1.29, 1.82) is 0 Å². The molecule has 1 N–H and O–H groups in total. The van der Waals surface area contributed by atoms with E-state index in [1.165, 1.54) is 23.9 Å². The first-order valence-corrected chi connectivity index (χ1v) is 11.1. The second kappa shape index (κ2) is 9.74. The van der Waals surface area contributed by atoms with Gasteiger partial charge < -0.3 is 5.32 Å². The number of carbonyl (C=O) groups is 1. The van der Waals surface area contributed by atoms with Crippen molar-refractivity contribution >= 4 is 17.7 Å². The van der Waals surface area contributed by atoms with Crippen molar-refractivity contribution in [3.8, 4) is 17.1 Å². The van der Waals surface area contributed by atoms with Gasteiger partial charge in [0.25, 0.3) is 0 Å². The van der Waals surface area contributed by atoms with Crippen LogP contribution in [0.2, 0.25) is 0 Å². The van der Waals surface area contributed by atoms with Crippen LogP contribution in [-0.4, -0.2) is 31.4 Å². The Morgan fingerprint density at radius 2 is 1.88 bits per heavy atom. The molecule has 0 aliphatic heterocycles. The van der Waals surface area contributed by atoms with Crippen molar-refractivity contribution in [1.82, 2.24) is 25.1 Å². The number of nitrogens with zero attached hydrogens (tertiary/aromatic N) is 4. The van der Waals surface area contributed by atoms with E-state index in [1.807, 2.05) is 54.8 Å². The summed E-state index contributed by atoms with van der Waals surface area (Å²) in [6, 6.07) is 17.6. The molecule has 1 atom stereocenters. The van der Waals surface area contributed by atoms with Gasteiger partial charge in [0.15, 0.2) is 11.0 Å². The molecule has 0 aliphatic carbocycles. The SMILES string of the molecule is Cc1ccccc1-n1c(SCC(=O)NC(C)c2ccc(F)cc2)nnc1-c1cccnc1. The van der Waals surface area contributed by atoms with Crippen molar-refractivity contribution in [3.63, 3.8) is 0 Å². The average Bonchev–Trinajstić information content (AvgIpc) is 3.23. The lowest BCUT2D eigenvalue weighted by Gasteiger charge is -2.15. The molecule has 0 bridgehead atoms. The van der Waals surface area contributed by atoms with E-state index in [0.717, 1.165) is 22.4 Å². The molecule has 0 saturated carbocycles. The Morgan fingerprint density at radius 3 is 2.59 bits per heavy atom. The van der Waals surface area contributed by atoms with E-state index < -0.39 is 0 Å². The topological polar surface area (TPSA) is 72.7 Å². The summed E-state index contributed by atoms with van der Waals surface area (Å²) in [4.78, 5) is 16.8. The maximum Gasteiger partial charge on any atom is 0.230 e. The molecule has 32 heavy (non-hydrogen) atoms. The van der Waals surface area contributed by atoms with Gasteiger partial charge in [-0.3, -0.25) is 14.3 Å². The molecule has 0 radical (unpaired) electrons. The van der Waals surface area contributed by atoms with E-state index in [4.69, 9.17) is 0 Å². The molecule has 0 saturated heterocycles. The Balaban J connectivity index is 1.55. The van der Waals surface area contributed by atoms with Crippen LogP contribution in [0.3, 0.4) is 0 Å². The normalized spacial score (nSPS) is 11.8. The zero-order valence-electron chi connectivity index (χ0n) is 17.7. The van der Waals surface area contributed by atoms with Crippen molar-refractivity contribution in [2.75, 3.05) is 5.75 Å². The van der Waals surface area contributed by atoms with Gasteiger partial charge in [0.2, 0.25) is 5.91 Å². The minimum Gasteiger partial charge on any atom is -0.349 e. The van der Waals surface area contributed by atoms with Gasteiger partial charge in [-0.25, -0.2) is 4.39 Å². The number of amides is 1. The predicted molar refractivity (Wildman–Crippen MR) is 123 cm³/mol. The van der Waals surface area contributed by atoms with Gasteiger partial charge in [0.1, 0.15) is 5.82 Å². The minimum atomic E-state index is -0.303. The number of nitrogens with one attached hydrogen (secondary N) is 1. The van der Waals surface area contributed by atoms with Crippen LogP contribution in [0.15, 0.2) is 78.2 Å². The van der Waals surface area contributed by atoms with Crippen molar-refractivity contribution < 1.29 is 9.18 Å². The summed E-state index contributed by atoms with van der Waals surface area (Å²) < 4.78 is 15.1. The maximum atomic E-state index is 13.1. The fourth-order valence-corrected chi connectivity index (χ4v) is 4.08. The van der Waals surface area contributed by atoms with Crippen molar-refractivity contribution in [2.45, 2.75) is 25.0 Å². The minimum absolute atomic E-state index is 0.144. The number of hydrogen-bond acceptors (Lipinski definition) is 5. The van der Waals surface area contributed by atoms with Gasteiger partial charge in [-0.05, 0) is 55.3 Å². The van der Waals surface area contributed by atoms with Crippen LogP contribution >= 0.6 is 11.8 Å². The summed E-state index contributed by atoms with van der Waals surface area (Å²) in [6.45, 7) is 3.89. The smallest absolute Gasteiger partial charge is 0.230 e. The highest BCUT2D eigenvalue weighted by molar-refractivity contribution is 7.99. The molecule has 0 aliphatic rings. The molecule has 0 fully saturated rings. The summed E-state index contributed by atoms with van der Waals surface area (Å²) in [6.07, 6.45) is 3.45. The highest BCUT2D eigenvalue weighted by Crippen LogP contribution is 2.29. The number of hydrogen-bond donors (Lipinski definition) is 1. The Hall–Kier alpha value is -3.52. The first kappa shape index (κ1) is 21.7. The number of aryl methyl sites for hydroxylation is 1. The van der Waals surface area contributed by atoms with Crippen LogP contribution in [0, 0.1) is 12.7 Å². The summed E-state index contributed by atoms with van der Waals surface area (Å²) >= 11 is 1.31. The van der Waals surface area contributed by atoms with E-state index in [-0.39, 0.29) is 23.5 Å². The maximum absolute atomic E-state index is 13.1. The number of halogens is 1. The third kappa shape index (κ3) is 4.86. The van der Waals surface area contributed by atoms with Gasteiger partial charge in [-0.1, -0.05) is 42.1 Å². The van der Waals surface area contributed by atoms with Gasteiger partial charge in [-0.15, -0.1) is 10.2 Å². The molecular weight excluding hydrogens is 425 g/mol. The summed E-state index contributed by atoms with van der Waals surface area (Å²) in [7, 11) is 0. The van der Waals surface area contributed by atoms with Crippen LogP contribution in [-0.2, 0) is 4.79 Å². The molecule has 2 heterocycles. The fraction of sp³-hybridized carbons (Fsp3) is 0.167. The summed E-state index contributed by atoms with van der Waals surface area (Å²) in [5, 5.41) is 12.3. The number of para-hydroxylation sites is 1. The summed E-state index contributed by atoms with van der Waals surface area (Å²) in [5.41, 5.74) is 3.68. The van der Waals surface area contributed by atoms with Crippen molar-refractivity contribution in [2.24, 2.45) is 0 Å². The van der Waals surface area contributed by atoms with E-state index in [1.54, 1.807) is 24.5 Å². The Kier molecular flexibility index (Phi) is 6.61. The first-order valence-electron chi connectivity index (χ1n) is 10.1. The second-order valence-corrected chi connectivity index (χ2v) is 8.24. The number of benzene rings is 2. The van der Waals surface area contributed by atoms with Crippen LogP contribution in [0.25, 0.3) is 17.1 Å². The highest BCUT2D eigenvalue weighted by Gasteiger charge is 2.19. The molecular formula is C24H22FN5OS. The second-order valence-electron chi connectivity index (χ2n) is 7.30. The van der Waals surface area contributed by atoms with Gasteiger partial charge >= 0.3 is 0 Å². The number of thioether (sulfide) groups is 1. The Morgan fingerprint density at radius 1 is 1.09 bits per heavy atom. The third-order valence-electron chi connectivity index (χ3n) is 4.99. The quantitative estimate of drug-likeness (QED) is 0.414. The molecule has 162 valence electrons. The van der Waals surface area contributed by atoms with E-state index in [2.05, 4.69) is 20.5 Å². The van der Waals surface area contributed by atoms with E-state index >= 15 is 0 Å². The van der Waals surface area contributed by atoms with E-state index in [0.29, 0.717) is 11.0 Å². The summed E-state index contributed by atoms with van der Waals surface area (Å²) in [5.74, 6) is 0.384. The van der Waals surface area contributed by atoms with Crippen LogP contribution in [0.1, 0.15) is 24.1 Å². The Bertz CT molecular complexity index is 1210. The number of pyridine rings is 1. The lowest BCUT2D eigenvalue weighted by atomic mass is 10.1. The zero-order chi connectivity index (χ0) is 22.5. The lowest BCUT2D eigenvalue weighted by molar-refractivity contribution is -0.119. The van der Waals surface area contributed by atoms with Crippen LogP contribution in [0.5, 0.6) is 0 Å². The molecule has 0 spiro atoms. The molecule has 4 rings (SSSR count). The number of rotatable bonds is 7. The first-order chi connectivity index (χ1) is 15.5.